The van der Waals surface area contributed by atoms with Crippen molar-refractivity contribution < 1.29 is 17.9 Å². The summed E-state index contributed by atoms with van der Waals surface area (Å²) in [6.45, 7) is 7.47. The molecule has 0 aromatic heterocycles. The van der Waals surface area contributed by atoms with E-state index in [0.717, 1.165) is 31.4 Å². The highest BCUT2D eigenvalue weighted by molar-refractivity contribution is 7.89. The number of sulfonamides is 1. The van der Waals surface area contributed by atoms with Gasteiger partial charge < -0.3 is 10.1 Å². The van der Waals surface area contributed by atoms with Crippen LogP contribution < -0.4 is 10.0 Å². The first-order valence-corrected chi connectivity index (χ1v) is 9.72. The highest BCUT2D eigenvalue weighted by atomic mass is 32.2. The lowest BCUT2D eigenvalue weighted by molar-refractivity contribution is 0.0940. The molecule has 0 unspecified atom stereocenters. The molecule has 0 fully saturated rings. The number of aryl methyl sites for hydroxylation is 1. The number of carbonyl (C=O) groups is 1. The average molecular weight is 356 g/mol. The van der Waals surface area contributed by atoms with Gasteiger partial charge in [-0.15, -0.1) is 0 Å². The van der Waals surface area contributed by atoms with Crippen LogP contribution in [0.5, 0.6) is 0 Å². The van der Waals surface area contributed by atoms with Crippen molar-refractivity contribution in [2.24, 2.45) is 0 Å². The van der Waals surface area contributed by atoms with E-state index in [1.165, 1.54) is 13.1 Å². The number of rotatable bonds is 10. The minimum atomic E-state index is -3.60. The van der Waals surface area contributed by atoms with Crippen LogP contribution in [0.15, 0.2) is 17.0 Å². The van der Waals surface area contributed by atoms with Crippen LogP contribution in [0, 0.1) is 13.8 Å². The Labute approximate surface area is 145 Å². The van der Waals surface area contributed by atoms with E-state index in [4.69, 9.17) is 4.74 Å². The summed E-state index contributed by atoms with van der Waals surface area (Å²) in [4.78, 5) is 12.4. The number of hydrogen-bond acceptors (Lipinski definition) is 4. The zero-order valence-corrected chi connectivity index (χ0v) is 15.8. The van der Waals surface area contributed by atoms with Gasteiger partial charge in [-0.3, -0.25) is 4.79 Å². The Hall–Kier alpha value is -1.44. The summed E-state index contributed by atoms with van der Waals surface area (Å²) >= 11 is 0. The normalized spacial score (nSPS) is 11.5. The molecule has 136 valence electrons. The second-order valence-electron chi connectivity index (χ2n) is 5.70. The van der Waals surface area contributed by atoms with E-state index in [1.54, 1.807) is 19.9 Å². The lowest BCUT2D eigenvalue weighted by Crippen LogP contribution is -2.26. The van der Waals surface area contributed by atoms with E-state index in [1.807, 2.05) is 0 Å². The summed E-state index contributed by atoms with van der Waals surface area (Å²) in [5.41, 5.74) is 1.75. The summed E-state index contributed by atoms with van der Waals surface area (Å²) in [6.07, 6.45) is 2.86. The molecule has 1 rings (SSSR count). The third kappa shape index (κ3) is 5.89. The quantitative estimate of drug-likeness (QED) is 0.629. The van der Waals surface area contributed by atoms with Gasteiger partial charge in [0.15, 0.2) is 0 Å². The van der Waals surface area contributed by atoms with Crippen molar-refractivity contribution in [3.63, 3.8) is 0 Å². The van der Waals surface area contributed by atoms with Crippen LogP contribution in [0.2, 0.25) is 0 Å². The molecule has 6 nitrogen and oxygen atoms in total. The third-order valence-electron chi connectivity index (χ3n) is 3.83. The molecule has 1 amide bonds. The fraction of sp³-hybridized carbons (Fsp3) is 0.588. The van der Waals surface area contributed by atoms with Crippen LogP contribution in [-0.4, -0.2) is 41.1 Å². The minimum Gasteiger partial charge on any atom is -0.381 e. The molecule has 0 aliphatic rings. The standard InChI is InChI=1S/C17H28N2O4S/c1-5-6-9-23-10-7-8-19-17(20)15-11-13(2)14(3)16(12-15)24(21,22)18-4/h11-12,18H,5-10H2,1-4H3,(H,19,20). The van der Waals surface area contributed by atoms with Gasteiger partial charge in [-0.1, -0.05) is 13.3 Å². The Balaban J connectivity index is 2.68. The van der Waals surface area contributed by atoms with Crippen molar-refractivity contribution in [2.45, 2.75) is 44.9 Å². The number of unbranched alkanes of at least 4 members (excludes halogenated alkanes) is 1. The Kier molecular flexibility index (Phi) is 8.38. The maximum absolute atomic E-state index is 12.2. The maximum Gasteiger partial charge on any atom is 0.251 e. The molecule has 0 spiro atoms. The molecule has 1 aromatic carbocycles. The lowest BCUT2D eigenvalue weighted by Gasteiger charge is -2.12. The molecule has 0 heterocycles. The smallest absolute Gasteiger partial charge is 0.251 e. The maximum atomic E-state index is 12.2. The van der Waals surface area contributed by atoms with Gasteiger partial charge in [-0.25, -0.2) is 13.1 Å². The van der Waals surface area contributed by atoms with Gasteiger partial charge in [0, 0.05) is 25.3 Å². The van der Waals surface area contributed by atoms with Crippen molar-refractivity contribution in [1.82, 2.24) is 10.0 Å². The van der Waals surface area contributed by atoms with Crippen LogP contribution in [0.3, 0.4) is 0 Å². The van der Waals surface area contributed by atoms with Gasteiger partial charge in [-0.2, -0.15) is 0 Å². The Morgan fingerprint density at radius 1 is 1.17 bits per heavy atom. The molecule has 7 heteroatoms. The first-order valence-electron chi connectivity index (χ1n) is 8.24. The molecule has 1 aromatic rings. The molecule has 0 aliphatic heterocycles. The molecular formula is C17H28N2O4S. The fourth-order valence-electron chi connectivity index (χ4n) is 2.17. The number of nitrogens with one attached hydrogen (secondary N) is 2. The van der Waals surface area contributed by atoms with E-state index < -0.39 is 10.0 Å². The molecule has 0 bridgehead atoms. The Morgan fingerprint density at radius 3 is 2.46 bits per heavy atom. The SMILES string of the molecule is CCCCOCCCNC(=O)c1cc(C)c(C)c(S(=O)(=O)NC)c1. The molecule has 0 aliphatic carbocycles. The van der Waals surface area contributed by atoms with E-state index in [2.05, 4.69) is 17.0 Å². The minimum absolute atomic E-state index is 0.137. The number of benzene rings is 1. The molecule has 24 heavy (non-hydrogen) atoms. The summed E-state index contributed by atoms with van der Waals surface area (Å²) in [7, 11) is -2.24. The molecule has 0 saturated heterocycles. The van der Waals surface area contributed by atoms with Gasteiger partial charge >= 0.3 is 0 Å². The monoisotopic (exact) mass is 356 g/mol. The van der Waals surface area contributed by atoms with E-state index in [-0.39, 0.29) is 10.8 Å². The van der Waals surface area contributed by atoms with Crippen molar-refractivity contribution in [2.75, 3.05) is 26.8 Å². The van der Waals surface area contributed by atoms with Crippen molar-refractivity contribution in [3.05, 3.63) is 28.8 Å². The van der Waals surface area contributed by atoms with Crippen LogP contribution in [0.1, 0.15) is 47.7 Å². The van der Waals surface area contributed by atoms with Crippen LogP contribution in [0.25, 0.3) is 0 Å². The zero-order valence-electron chi connectivity index (χ0n) is 14.9. The number of amides is 1. The third-order valence-corrected chi connectivity index (χ3v) is 5.37. The highest BCUT2D eigenvalue weighted by Gasteiger charge is 2.19. The highest BCUT2D eigenvalue weighted by Crippen LogP contribution is 2.21. The van der Waals surface area contributed by atoms with Gasteiger partial charge in [0.05, 0.1) is 4.90 Å². The first kappa shape index (κ1) is 20.6. The molecule has 2 N–H and O–H groups in total. The van der Waals surface area contributed by atoms with Crippen LogP contribution >= 0.6 is 0 Å². The molecule has 0 saturated carbocycles. The van der Waals surface area contributed by atoms with Crippen molar-refractivity contribution in [3.8, 4) is 0 Å². The topological polar surface area (TPSA) is 84.5 Å². The first-order chi connectivity index (χ1) is 11.3. The zero-order chi connectivity index (χ0) is 18.2. The van der Waals surface area contributed by atoms with E-state index in [9.17, 15) is 13.2 Å². The fourth-order valence-corrected chi connectivity index (χ4v) is 3.24. The second kappa shape index (κ2) is 9.76. The summed E-state index contributed by atoms with van der Waals surface area (Å²) in [5.74, 6) is -0.279. The van der Waals surface area contributed by atoms with Gasteiger partial charge in [-0.05, 0) is 57.0 Å². The van der Waals surface area contributed by atoms with Crippen molar-refractivity contribution >= 4 is 15.9 Å². The Morgan fingerprint density at radius 2 is 1.83 bits per heavy atom. The summed E-state index contributed by atoms with van der Waals surface area (Å²) in [5, 5.41) is 2.80. The average Bonchev–Trinajstić information content (AvgIpc) is 2.55. The Bertz CT molecular complexity index is 657. The summed E-state index contributed by atoms with van der Waals surface area (Å²) in [6, 6.07) is 3.12. The predicted octanol–water partition coefficient (Wildman–Crippen LogP) is 2.15. The molecular weight excluding hydrogens is 328 g/mol. The van der Waals surface area contributed by atoms with Gasteiger partial charge in [0.2, 0.25) is 10.0 Å². The largest absolute Gasteiger partial charge is 0.381 e. The summed E-state index contributed by atoms with van der Waals surface area (Å²) < 4.78 is 31.9. The van der Waals surface area contributed by atoms with Crippen molar-refractivity contribution in [1.29, 1.82) is 0 Å². The van der Waals surface area contributed by atoms with Gasteiger partial charge in [0.1, 0.15) is 0 Å². The van der Waals surface area contributed by atoms with Crippen LogP contribution in [-0.2, 0) is 14.8 Å². The van der Waals surface area contributed by atoms with Crippen LogP contribution in [0.4, 0.5) is 0 Å². The second-order valence-corrected chi connectivity index (χ2v) is 7.55. The molecule has 0 radical (unpaired) electrons. The predicted molar refractivity (Wildman–Crippen MR) is 94.8 cm³/mol. The number of carbonyl (C=O) groups excluding carboxylic acids is 1. The number of ether oxygens (including phenoxy) is 1. The molecule has 0 atom stereocenters. The van der Waals surface area contributed by atoms with Gasteiger partial charge in [0.25, 0.3) is 5.91 Å². The lowest BCUT2D eigenvalue weighted by atomic mass is 10.1. The number of hydrogen-bond donors (Lipinski definition) is 2. The van der Waals surface area contributed by atoms with E-state index >= 15 is 0 Å². The van der Waals surface area contributed by atoms with E-state index in [0.29, 0.717) is 24.3 Å².